The molecule has 10 nitrogen and oxygen atoms in total. The Bertz CT molecular complexity index is 1780. The maximum absolute atomic E-state index is 13.3. The van der Waals surface area contributed by atoms with Gasteiger partial charge in [0.15, 0.2) is 0 Å². The fourth-order valence-corrected chi connectivity index (χ4v) is 5.24. The largest absolute Gasteiger partial charge is 0.497 e. The van der Waals surface area contributed by atoms with Crippen molar-refractivity contribution in [1.82, 2.24) is 4.90 Å². The van der Waals surface area contributed by atoms with Crippen LogP contribution in [0.3, 0.4) is 0 Å². The van der Waals surface area contributed by atoms with Crippen LogP contribution in [0.2, 0.25) is 0 Å². The van der Waals surface area contributed by atoms with Gasteiger partial charge in [-0.2, -0.15) is 0 Å². The van der Waals surface area contributed by atoms with Crippen molar-refractivity contribution in [3.8, 4) is 28.4 Å². The van der Waals surface area contributed by atoms with Crippen LogP contribution in [0.5, 0.6) is 17.2 Å². The van der Waals surface area contributed by atoms with E-state index in [9.17, 15) is 14.4 Å². The van der Waals surface area contributed by atoms with Crippen LogP contribution in [-0.2, 0) is 4.74 Å². The van der Waals surface area contributed by atoms with Crippen LogP contribution in [0.4, 0.5) is 10.5 Å². The minimum Gasteiger partial charge on any atom is -0.497 e. The molecule has 1 saturated heterocycles. The van der Waals surface area contributed by atoms with Gasteiger partial charge in [-0.15, -0.1) is 0 Å². The van der Waals surface area contributed by atoms with Gasteiger partial charge in [0.05, 0.1) is 14.2 Å². The molecule has 0 unspecified atom stereocenters. The average molecular weight is 615 g/mol. The van der Waals surface area contributed by atoms with Gasteiger partial charge in [0.1, 0.15) is 40.2 Å². The maximum atomic E-state index is 13.3. The molecule has 4 aromatic rings. The zero-order chi connectivity index (χ0) is 32.3. The summed E-state index contributed by atoms with van der Waals surface area (Å²) in [6.07, 6.45) is 0.876. The predicted octanol–water partition coefficient (Wildman–Crippen LogP) is 6.82. The standard InChI is InChI=1S/C35H38N2O8/c1-21-29(43-25-14-16-37(17-15-25)34(40)45-35(2,3)4)12-10-23-20-28(33(39)44-31(21)23)36-32(38)24-11-13-30(42-6)27(19-24)22-8-7-9-26(18-22)41-5/h7-13,18-20,25H,14-17H2,1-6H3,(H,36,38). The van der Waals surface area contributed by atoms with E-state index < -0.39 is 17.1 Å². The van der Waals surface area contributed by atoms with Gasteiger partial charge in [-0.3, -0.25) is 4.79 Å². The molecule has 0 radical (unpaired) electrons. The number of carbonyl (C=O) groups is 2. The Kier molecular flexibility index (Phi) is 9.04. The van der Waals surface area contributed by atoms with Crippen molar-refractivity contribution in [3.63, 3.8) is 0 Å². The third-order valence-electron chi connectivity index (χ3n) is 7.58. The number of benzene rings is 3. The minimum absolute atomic E-state index is 0.0221. The number of fused-ring (bicyclic) bond motifs is 1. The van der Waals surface area contributed by atoms with Crippen LogP contribution in [0.15, 0.2) is 69.9 Å². The molecule has 1 aromatic heterocycles. The van der Waals surface area contributed by atoms with E-state index in [1.807, 2.05) is 58.0 Å². The maximum Gasteiger partial charge on any atom is 0.410 e. The highest BCUT2D eigenvalue weighted by molar-refractivity contribution is 6.05. The van der Waals surface area contributed by atoms with Crippen LogP contribution in [0, 0.1) is 6.92 Å². The van der Waals surface area contributed by atoms with Crippen molar-refractivity contribution in [3.05, 3.63) is 82.2 Å². The van der Waals surface area contributed by atoms with E-state index in [0.29, 0.717) is 70.8 Å². The molecule has 2 amide bonds. The van der Waals surface area contributed by atoms with E-state index >= 15 is 0 Å². The van der Waals surface area contributed by atoms with Crippen LogP contribution in [-0.4, -0.2) is 55.9 Å². The highest BCUT2D eigenvalue weighted by Crippen LogP contribution is 2.34. The molecule has 45 heavy (non-hydrogen) atoms. The lowest BCUT2D eigenvalue weighted by Crippen LogP contribution is -2.44. The Balaban J connectivity index is 1.30. The molecule has 0 atom stereocenters. The zero-order valence-electron chi connectivity index (χ0n) is 26.4. The minimum atomic E-state index is -0.678. The summed E-state index contributed by atoms with van der Waals surface area (Å²) in [6.45, 7) is 8.42. The summed E-state index contributed by atoms with van der Waals surface area (Å²) >= 11 is 0. The van der Waals surface area contributed by atoms with Gasteiger partial charge in [-0.25, -0.2) is 9.59 Å². The van der Waals surface area contributed by atoms with Crippen molar-refractivity contribution in [2.75, 3.05) is 32.6 Å². The first-order valence-corrected chi connectivity index (χ1v) is 14.8. The average Bonchev–Trinajstić information content (AvgIpc) is 3.02. The number of methoxy groups -OCH3 is 2. The summed E-state index contributed by atoms with van der Waals surface area (Å²) in [4.78, 5) is 40.4. The Morgan fingerprint density at radius 2 is 1.67 bits per heavy atom. The summed E-state index contributed by atoms with van der Waals surface area (Å²) < 4.78 is 28.3. The number of nitrogens with zero attached hydrogens (tertiary/aromatic N) is 1. The van der Waals surface area contributed by atoms with E-state index in [1.54, 1.807) is 49.5 Å². The molecule has 1 aliphatic rings. The summed E-state index contributed by atoms with van der Waals surface area (Å²) in [7, 11) is 3.15. The predicted molar refractivity (Wildman–Crippen MR) is 172 cm³/mol. The van der Waals surface area contributed by atoms with Gasteiger partial charge in [-0.1, -0.05) is 12.1 Å². The number of anilines is 1. The molecule has 0 spiro atoms. The van der Waals surface area contributed by atoms with Gasteiger partial charge in [-0.05, 0) is 81.8 Å². The highest BCUT2D eigenvalue weighted by atomic mass is 16.6. The van der Waals surface area contributed by atoms with E-state index in [4.69, 9.17) is 23.4 Å². The second-order valence-electron chi connectivity index (χ2n) is 11.9. The fraction of sp³-hybridized carbons (Fsp3) is 0.343. The van der Waals surface area contributed by atoms with Gasteiger partial charge in [0.2, 0.25) is 0 Å². The second-order valence-corrected chi connectivity index (χ2v) is 11.9. The lowest BCUT2D eigenvalue weighted by atomic mass is 10.0. The topological polar surface area (TPSA) is 117 Å². The van der Waals surface area contributed by atoms with Crippen molar-refractivity contribution in [2.45, 2.75) is 52.2 Å². The number of hydrogen-bond acceptors (Lipinski definition) is 8. The number of likely N-dealkylation sites (tertiary alicyclic amines) is 1. The van der Waals surface area contributed by atoms with Crippen molar-refractivity contribution in [2.24, 2.45) is 0 Å². The number of rotatable bonds is 7. The third kappa shape index (κ3) is 7.22. The Hall–Kier alpha value is -4.99. The summed E-state index contributed by atoms with van der Waals surface area (Å²) in [5.74, 6) is 1.39. The van der Waals surface area contributed by atoms with Crippen molar-refractivity contribution < 1.29 is 33.0 Å². The highest BCUT2D eigenvalue weighted by Gasteiger charge is 2.28. The summed E-state index contributed by atoms with van der Waals surface area (Å²) in [5.41, 5.74) is 1.71. The molecule has 10 heteroatoms. The van der Waals surface area contributed by atoms with Gasteiger partial charge < -0.3 is 33.6 Å². The normalized spacial score (nSPS) is 13.8. The first kappa shape index (κ1) is 31.4. The lowest BCUT2D eigenvalue weighted by Gasteiger charge is -2.33. The lowest BCUT2D eigenvalue weighted by molar-refractivity contribution is 0.0126. The monoisotopic (exact) mass is 614 g/mol. The molecule has 2 heterocycles. The van der Waals surface area contributed by atoms with Gasteiger partial charge in [0.25, 0.3) is 5.91 Å². The summed E-state index contributed by atoms with van der Waals surface area (Å²) in [6, 6.07) is 17.7. The number of amides is 2. The zero-order valence-corrected chi connectivity index (χ0v) is 26.4. The molecular weight excluding hydrogens is 576 g/mol. The van der Waals surface area contributed by atoms with Crippen LogP contribution < -0.4 is 25.2 Å². The molecule has 1 aliphatic heterocycles. The molecule has 0 saturated carbocycles. The molecule has 5 rings (SSSR count). The molecule has 1 N–H and O–H groups in total. The molecule has 0 aliphatic carbocycles. The first-order valence-electron chi connectivity index (χ1n) is 14.8. The van der Waals surface area contributed by atoms with E-state index in [2.05, 4.69) is 5.32 Å². The number of ether oxygens (including phenoxy) is 4. The third-order valence-corrected chi connectivity index (χ3v) is 7.58. The second kappa shape index (κ2) is 12.9. The van der Waals surface area contributed by atoms with Crippen LogP contribution in [0.25, 0.3) is 22.1 Å². The number of nitrogens with one attached hydrogen (secondary N) is 1. The number of carbonyl (C=O) groups excluding carboxylic acids is 2. The van der Waals surface area contributed by atoms with E-state index in [0.717, 1.165) is 5.56 Å². The molecular formula is C35H38N2O8. The van der Waals surface area contributed by atoms with Crippen LogP contribution in [0.1, 0.15) is 49.5 Å². The Labute approximate surface area is 261 Å². The van der Waals surface area contributed by atoms with E-state index in [-0.39, 0.29) is 17.9 Å². The molecule has 0 bridgehead atoms. The number of aryl methyl sites for hydroxylation is 1. The molecule has 1 fully saturated rings. The SMILES string of the molecule is COc1cccc(-c2cc(C(=O)Nc3cc4ccc(OC5CCN(C(=O)OC(C)(C)C)CC5)c(C)c4oc3=O)ccc2OC)c1. The van der Waals surface area contributed by atoms with Crippen LogP contribution >= 0.6 is 0 Å². The van der Waals surface area contributed by atoms with Gasteiger partial charge >= 0.3 is 11.7 Å². The van der Waals surface area contributed by atoms with Crippen molar-refractivity contribution in [1.29, 1.82) is 0 Å². The first-order chi connectivity index (χ1) is 21.5. The molecule has 236 valence electrons. The van der Waals surface area contributed by atoms with Crippen molar-refractivity contribution >= 4 is 28.7 Å². The fourth-order valence-electron chi connectivity index (χ4n) is 5.24. The molecule has 3 aromatic carbocycles. The quantitative estimate of drug-likeness (QED) is 0.226. The van der Waals surface area contributed by atoms with E-state index in [1.165, 1.54) is 0 Å². The number of piperidine rings is 1. The van der Waals surface area contributed by atoms with Gasteiger partial charge in [0, 0.05) is 48.0 Å². The smallest absolute Gasteiger partial charge is 0.410 e. The number of hydrogen-bond donors (Lipinski definition) is 1. The Morgan fingerprint density at radius 1 is 0.933 bits per heavy atom. The Morgan fingerprint density at radius 3 is 2.36 bits per heavy atom. The summed E-state index contributed by atoms with van der Waals surface area (Å²) in [5, 5.41) is 3.34.